The van der Waals surface area contributed by atoms with Crippen LogP contribution in [-0.4, -0.2) is 71.6 Å². The van der Waals surface area contributed by atoms with E-state index < -0.39 is 0 Å². The number of carbonyl (C=O) groups is 3. The highest BCUT2D eigenvalue weighted by Gasteiger charge is 2.29. The zero-order chi connectivity index (χ0) is 18.7. The molecule has 0 aromatic heterocycles. The standard InChI is InChI=1S/C17H20FN5O3/c1-21-15(24)7-6-14(20-21)16(25)22-8-10-23(11-9-22)17(26)19-13-4-2-12(18)3-5-13/h2-5H,6-11H2,1H3,(H,19,26). The lowest BCUT2D eigenvalue weighted by Gasteiger charge is -2.35. The third kappa shape index (κ3) is 3.98. The van der Waals surface area contributed by atoms with Gasteiger partial charge < -0.3 is 15.1 Å². The van der Waals surface area contributed by atoms with Gasteiger partial charge in [0.15, 0.2) is 0 Å². The molecule has 1 aromatic rings. The molecule has 3 rings (SSSR count). The summed E-state index contributed by atoms with van der Waals surface area (Å²) in [4.78, 5) is 39.5. The number of anilines is 1. The van der Waals surface area contributed by atoms with Crippen molar-refractivity contribution in [1.29, 1.82) is 0 Å². The zero-order valence-electron chi connectivity index (χ0n) is 14.4. The second-order valence-corrected chi connectivity index (χ2v) is 6.18. The summed E-state index contributed by atoms with van der Waals surface area (Å²) in [5.41, 5.74) is 0.885. The van der Waals surface area contributed by atoms with Crippen molar-refractivity contribution in [2.45, 2.75) is 12.8 Å². The van der Waals surface area contributed by atoms with Gasteiger partial charge in [0.05, 0.1) is 0 Å². The lowest BCUT2D eigenvalue weighted by atomic mass is 10.1. The number of hydrogen-bond acceptors (Lipinski definition) is 4. The highest BCUT2D eigenvalue weighted by Crippen LogP contribution is 2.13. The Hall–Kier alpha value is -2.97. The first-order valence-corrected chi connectivity index (χ1v) is 8.39. The lowest BCUT2D eigenvalue weighted by molar-refractivity contribution is -0.131. The molecular weight excluding hydrogens is 341 g/mol. The molecule has 138 valence electrons. The summed E-state index contributed by atoms with van der Waals surface area (Å²) in [6.45, 7) is 1.57. The van der Waals surface area contributed by atoms with Crippen molar-refractivity contribution in [1.82, 2.24) is 14.8 Å². The highest BCUT2D eigenvalue weighted by molar-refractivity contribution is 6.39. The molecule has 2 aliphatic rings. The van der Waals surface area contributed by atoms with Gasteiger partial charge in [-0.2, -0.15) is 5.10 Å². The maximum Gasteiger partial charge on any atom is 0.321 e. The van der Waals surface area contributed by atoms with Crippen molar-refractivity contribution in [3.8, 4) is 0 Å². The fourth-order valence-corrected chi connectivity index (χ4v) is 2.85. The summed E-state index contributed by atoms with van der Waals surface area (Å²) >= 11 is 0. The van der Waals surface area contributed by atoms with Crippen LogP contribution in [0.2, 0.25) is 0 Å². The van der Waals surface area contributed by atoms with Crippen LogP contribution in [0.4, 0.5) is 14.9 Å². The summed E-state index contributed by atoms with van der Waals surface area (Å²) in [7, 11) is 1.53. The molecule has 0 spiro atoms. The largest absolute Gasteiger partial charge is 0.334 e. The Morgan fingerprint density at radius 3 is 2.27 bits per heavy atom. The van der Waals surface area contributed by atoms with Crippen molar-refractivity contribution in [3.05, 3.63) is 30.1 Å². The Bertz CT molecular complexity index is 741. The van der Waals surface area contributed by atoms with Gasteiger partial charge >= 0.3 is 6.03 Å². The number of piperazine rings is 1. The van der Waals surface area contributed by atoms with Gasteiger partial charge in [0.1, 0.15) is 11.5 Å². The summed E-state index contributed by atoms with van der Waals surface area (Å²) in [5, 5.41) is 7.94. The van der Waals surface area contributed by atoms with Gasteiger partial charge in [-0.25, -0.2) is 14.2 Å². The Balaban J connectivity index is 1.53. The molecule has 8 nitrogen and oxygen atoms in total. The number of nitrogens with zero attached hydrogens (tertiary/aromatic N) is 4. The highest BCUT2D eigenvalue weighted by atomic mass is 19.1. The van der Waals surface area contributed by atoms with Crippen molar-refractivity contribution in [3.63, 3.8) is 0 Å². The molecule has 4 amide bonds. The predicted octanol–water partition coefficient (Wildman–Crippen LogP) is 1.11. The second-order valence-electron chi connectivity index (χ2n) is 6.18. The molecule has 0 aliphatic carbocycles. The molecule has 0 radical (unpaired) electrons. The number of urea groups is 1. The molecule has 0 saturated carbocycles. The summed E-state index contributed by atoms with van der Waals surface area (Å²) in [6.07, 6.45) is 0.619. The van der Waals surface area contributed by atoms with E-state index in [1.807, 2.05) is 0 Å². The molecule has 26 heavy (non-hydrogen) atoms. The smallest absolute Gasteiger partial charge is 0.321 e. The van der Waals surface area contributed by atoms with Gasteiger partial charge in [-0.1, -0.05) is 0 Å². The van der Waals surface area contributed by atoms with Crippen LogP contribution in [0.25, 0.3) is 0 Å². The van der Waals surface area contributed by atoms with E-state index in [0.29, 0.717) is 44.0 Å². The van der Waals surface area contributed by atoms with Crippen LogP contribution in [0.3, 0.4) is 0 Å². The number of hydrogen-bond donors (Lipinski definition) is 1. The summed E-state index contributed by atoms with van der Waals surface area (Å²) < 4.78 is 12.9. The first-order valence-electron chi connectivity index (χ1n) is 8.39. The van der Waals surface area contributed by atoms with Crippen LogP contribution < -0.4 is 5.32 Å². The maximum absolute atomic E-state index is 12.9. The van der Waals surface area contributed by atoms with Crippen molar-refractivity contribution >= 4 is 29.2 Å². The SMILES string of the molecule is CN1N=C(C(=O)N2CCN(C(=O)Nc3ccc(F)cc3)CC2)CCC1=O. The molecule has 0 atom stereocenters. The van der Waals surface area contributed by atoms with Gasteiger partial charge in [0.2, 0.25) is 5.91 Å². The second kappa shape index (κ2) is 7.51. The molecule has 2 aliphatic heterocycles. The van der Waals surface area contributed by atoms with E-state index in [2.05, 4.69) is 10.4 Å². The Kier molecular flexibility index (Phi) is 5.15. The van der Waals surface area contributed by atoms with Crippen molar-refractivity contribution in [2.75, 3.05) is 38.5 Å². The Morgan fingerprint density at radius 1 is 1.04 bits per heavy atom. The predicted molar refractivity (Wildman–Crippen MR) is 93.0 cm³/mol. The monoisotopic (exact) mass is 361 g/mol. The number of benzene rings is 1. The number of amides is 4. The Labute approximate surface area is 150 Å². The summed E-state index contributed by atoms with van der Waals surface area (Å²) in [6, 6.07) is 5.25. The number of nitrogens with one attached hydrogen (secondary N) is 1. The van der Waals surface area contributed by atoms with Crippen molar-refractivity contribution < 1.29 is 18.8 Å². The maximum atomic E-state index is 12.9. The van der Waals surface area contributed by atoms with Crippen LogP contribution >= 0.6 is 0 Å². The minimum Gasteiger partial charge on any atom is -0.334 e. The molecule has 2 heterocycles. The van der Waals surface area contributed by atoms with Crippen LogP contribution in [0.15, 0.2) is 29.4 Å². The first kappa shape index (κ1) is 17.8. The molecule has 0 bridgehead atoms. The van der Waals surface area contributed by atoms with E-state index in [9.17, 15) is 18.8 Å². The van der Waals surface area contributed by atoms with E-state index in [1.54, 1.807) is 9.80 Å². The average Bonchev–Trinajstić information content (AvgIpc) is 2.65. The normalized spacial score (nSPS) is 17.8. The number of halogens is 1. The molecule has 1 N–H and O–H groups in total. The fraction of sp³-hybridized carbons (Fsp3) is 0.412. The molecular formula is C17H20FN5O3. The van der Waals surface area contributed by atoms with Gasteiger partial charge in [-0.05, 0) is 24.3 Å². The van der Waals surface area contributed by atoms with E-state index in [4.69, 9.17) is 0 Å². The third-order valence-corrected chi connectivity index (χ3v) is 4.40. The molecule has 1 saturated heterocycles. The van der Waals surface area contributed by atoms with Crippen LogP contribution in [0, 0.1) is 5.82 Å². The molecule has 9 heteroatoms. The molecule has 1 fully saturated rings. The lowest BCUT2D eigenvalue weighted by Crippen LogP contribution is -2.53. The van der Waals surface area contributed by atoms with E-state index >= 15 is 0 Å². The zero-order valence-corrected chi connectivity index (χ0v) is 14.4. The van der Waals surface area contributed by atoms with E-state index in [0.717, 1.165) is 0 Å². The average molecular weight is 361 g/mol. The van der Waals surface area contributed by atoms with Crippen molar-refractivity contribution in [2.24, 2.45) is 5.10 Å². The quantitative estimate of drug-likeness (QED) is 0.856. The fourth-order valence-electron chi connectivity index (χ4n) is 2.85. The third-order valence-electron chi connectivity index (χ3n) is 4.40. The minimum absolute atomic E-state index is 0.108. The topological polar surface area (TPSA) is 85.3 Å². The van der Waals surface area contributed by atoms with Gasteiger partial charge in [0.25, 0.3) is 5.91 Å². The number of carbonyl (C=O) groups excluding carboxylic acids is 3. The van der Waals surface area contributed by atoms with Gasteiger partial charge in [-0.3, -0.25) is 9.59 Å². The number of hydrazone groups is 1. The number of rotatable bonds is 2. The van der Waals surface area contributed by atoms with Crippen LogP contribution in [0.1, 0.15) is 12.8 Å². The van der Waals surface area contributed by atoms with E-state index in [1.165, 1.54) is 36.3 Å². The van der Waals surface area contributed by atoms with Crippen LogP contribution in [0.5, 0.6) is 0 Å². The van der Waals surface area contributed by atoms with E-state index in [-0.39, 0.29) is 30.1 Å². The minimum atomic E-state index is -0.368. The van der Waals surface area contributed by atoms with Gasteiger partial charge in [-0.15, -0.1) is 0 Å². The van der Waals surface area contributed by atoms with Gasteiger partial charge in [0, 0.05) is 51.8 Å². The summed E-state index contributed by atoms with van der Waals surface area (Å²) in [5.74, 6) is -0.667. The molecule has 1 aromatic carbocycles. The first-order chi connectivity index (χ1) is 12.4. The van der Waals surface area contributed by atoms with Crippen LogP contribution in [-0.2, 0) is 9.59 Å². The Morgan fingerprint density at radius 2 is 1.65 bits per heavy atom. The molecule has 0 unspecified atom stereocenters.